The quantitative estimate of drug-likeness (QED) is 0.844. The van der Waals surface area contributed by atoms with Crippen LogP contribution in [0.25, 0.3) is 6.08 Å². The summed E-state index contributed by atoms with van der Waals surface area (Å²) in [6.07, 6.45) is 3.02. The van der Waals surface area contributed by atoms with Crippen molar-refractivity contribution in [3.8, 4) is 5.75 Å². The van der Waals surface area contributed by atoms with Crippen LogP contribution in [-0.2, 0) is 9.31 Å². The molecule has 0 unspecified atom stereocenters. The Balaban J connectivity index is 2.00. The number of benzene rings is 1. The first-order chi connectivity index (χ1) is 10.7. The van der Waals surface area contributed by atoms with E-state index in [0.29, 0.717) is 0 Å². The van der Waals surface area contributed by atoms with Gasteiger partial charge < -0.3 is 19.2 Å². The highest BCUT2D eigenvalue weighted by atomic mass is 16.7. The Bertz CT molecular complexity index is 535. The van der Waals surface area contributed by atoms with Crippen LogP contribution in [-0.4, -0.2) is 36.6 Å². The monoisotopic (exact) mass is 318 g/mol. The lowest BCUT2D eigenvalue weighted by Gasteiger charge is -2.32. The first-order valence-corrected chi connectivity index (χ1v) is 8.02. The molecule has 0 aromatic heterocycles. The summed E-state index contributed by atoms with van der Waals surface area (Å²) in [5.41, 5.74) is 0.238. The number of hydrogen-bond acceptors (Lipinski definition) is 4. The number of aliphatic hydroxyl groups excluding tert-OH is 1. The van der Waals surface area contributed by atoms with Crippen LogP contribution in [0.3, 0.4) is 0 Å². The zero-order valence-corrected chi connectivity index (χ0v) is 14.9. The smallest absolute Gasteiger partial charge is 0.463 e. The van der Waals surface area contributed by atoms with Crippen molar-refractivity contribution in [3.05, 3.63) is 35.9 Å². The molecule has 1 aliphatic rings. The Kier molecular flexibility index (Phi) is 5.24. The van der Waals surface area contributed by atoms with E-state index in [1.54, 1.807) is 13.2 Å². The van der Waals surface area contributed by atoms with Crippen LogP contribution < -0.4 is 4.74 Å². The molecule has 126 valence electrons. The average Bonchev–Trinajstić information content (AvgIpc) is 2.72. The van der Waals surface area contributed by atoms with E-state index in [9.17, 15) is 5.11 Å². The van der Waals surface area contributed by atoms with Crippen LogP contribution in [0, 0.1) is 0 Å². The van der Waals surface area contributed by atoms with Gasteiger partial charge >= 0.3 is 7.12 Å². The highest BCUT2D eigenvalue weighted by Gasteiger charge is 2.53. The summed E-state index contributed by atoms with van der Waals surface area (Å²) in [6, 6.07) is 7.68. The Morgan fingerprint density at radius 2 is 1.61 bits per heavy atom. The molecule has 23 heavy (non-hydrogen) atoms. The Morgan fingerprint density at radius 3 is 2.09 bits per heavy atom. The van der Waals surface area contributed by atoms with Crippen LogP contribution in [0.4, 0.5) is 0 Å². The lowest BCUT2D eigenvalue weighted by atomic mass is 9.70. The van der Waals surface area contributed by atoms with Gasteiger partial charge in [0, 0.05) is 5.82 Å². The van der Waals surface area contributed by atoms with E-state index >= 15 is 0 Å². The minimum Gasteiger partial charge on any atom is -0.497 e. The maximum atomic E-state index is 10.4. The van der Waals surface area contributed by atoms with Gasteiger partial charge in [-0.05, 0) is 45.4 Å². The van der Waals surface area contributed by atoms with Gasteiger partial charge in [0.15, 0.2) is 0 Å². The summed E-state index contributed by atoms with van der Waals surface area (Å²) in [7, 11) is 1.22. The van der Waals surface area contributed by atoms with E-state index in [0.717, 1.165) is 11.3 Å². The summed E-state index contributed by atoms with van der Waals surface area (Å²) in [5.74, 6) is 0.652. The number of aliphatic hydroxyl groups is 1. The lowest BCUT2D eigenvalue weighted by molar-refractivity contribution is 0.00578. The molecule has 1 aliphatic heterocycles. The van der Waals surface area contributed by atoms with Gasteiger partial charge in [-0.15, -0.1) is 0 Å². The van der Waals surface area contributed by atoms with E-state index in [4.69, 9.17) is 14.0 Å². The average molecular weight is 318 g/mol. The number of rotatable bonds is 5. The SMILES string of the molecule is COc1ccc(/C=C/[C@H](O)[C@H](C)B2OC(C)(C)C(C)(C)O2)cc1. The van der Waals surface area contributed by atoms with Crippen molar-refractivity contribution in [1.29, 1.82) is 0 Å². The summed E-state index contributed by atoms with van der Waals surface area (Å²) in [4.78, 5) is 0. The molecular formula is C18H27BO4. The van der Waals surface area contributed by atoms with Gasteiger partial charge in [0.25, 0.3) is 0 Å². The standard InChI is InChI=1S/C18H27BO4/c1-13(19-22-17(2,3)18(4,5)23-19)16(20)12-9-14-7-10-15(21-6)11-8-14/h7-13,16,20H,1-6H3/b12-9+/t13-,16-/m0/s1. The third-order valence-corrected chi connectivity index (χ3v) is 4.84. The fourth-order valence-corrected chi connectivity index (χ4v) is 2.36. The largest absolute Gasteiger partial charge is 0.497 e. The van der Waals surface area contributed by atoms with Gasteiger partial charge in [-0.2, -0.15) is 0 Å². The van der Waals surface area contributed by atoms with Crippen molar-refractivity contribution < 1.29 is 19.2 Å². The molecular weight excluding hydrogens is 291 g/mol. The first-order valence-electron chi connectivity index (χ1n) is 8.02. The van der Waals surface area contributed by atoms with Crippen molar-refractivity contribution in [2.45, 2.75) is 57.7 Å². The highest BCUT2D eigenvalue weighted by molar-refractivity contribution is 6.47. The molecule has 0 amide bonds. The third-order valence-electron chi connectivity index (χ3n) is 4.84. The molecule has 2 atom stereocenters. The third kappa shape index (κ3) is 3.97. The molecule has 1 aromatic rings. The maximum absolute atomic E-state index is 10.4. The van der Waals surface area contributed by atoms with E-state index in [2.05, 4.69) is 0 Å². The molecule has 0 aliphatic carbocycles. The molecule has 1 N–H and O–H groups in total. The van der Waals surface area contributed by atoms with Crippen LogP contribution in [0.2, 0.25) is 5.82 Å². The van der Waals surface area contributed by atoms with E-state index in [1.165, 1.54) is 0 Å². The molecule has 0 saturated carbocycles. The van der Waals surface area contributed by atoms with Gasteiger partial charge in [0.05, 0.1) is 24.4 Å². The van der Waals surface area contributed by atoms with Crippen LogP contribution in [0.15, 0.2) is 30.3 Å². The van der Waals surface area contributed by atoms with Crippen molar-refractivity contribution in [2.75, 3.05) is 7.11 Å². The van der Waals surface area contributed by atoms with Crippen molar-refractivity contribution in [2.24, 2.45) is 0 Å². The van der Waals surface area contributed by atoms with Gasteiger partial charge in [0.2, 0.25) is 0 Å². The summed E-state index contributed by atoms with van der Waals surface area (Å²) in [6.45, 7) is 9.99. The second-order valence-corrected chi connectivity index (χ2v) is 7.11. The van der Waals surface area contributed by atoms with E-state index in [1.807, 2.05) is 65.0 Å². The lowest BCUT2D eigenvalue weighted by Crippen LogP contribution is -2.41. The Morgan fingerprint density at radius 1 is 1.09 bits per heavy atom. The van der Waals surface area contributed by atoms with E-state index < -0.39 is 13.2 Å². The maximum Gasteiger partial charge on any atom is 0.463 e. The van der Waals surface area contributed by atoms with Crippen LogP contribution in [0.1, 0.15) is 40.2 Å². The summed E-state index contributed by atoms with van der Waals surface area (Å²) >= 11 is 0. The van der Waals surface area contributed by atoms with Crippen molar-refractivity contribution >= 4 is 13.2 Å². The zero-order valence-electron chi connectivity index (χ0n) is 14.9. The molecule has 0 radical (unpaired) electrons. The molecule has 4 nitrogen and oxygen atoms in total. The summed E-state index contributed by atoms with van der Waals surface area (Å²) < 4.78 is 17.1. The molecule has 1 saturated heterocycles. The first kappa shape index (κ1) is 18.0. The fourth-order valence-electron chi connectivity index (χ4n) is 2.36. The molecule has 1 aromatic carbocycles. The molecule has 2 rings (SSSR count). The number of hydrogen-bond donors (Lipinski definition) is 1. The van der Waals surface area contributed by atoms with Gasteiger partial charge in [-0.3, -0.25) is 0 Å². The van der Waals surface area contributed by atoms with Gasteiger partial charge in [-0.1, -0.05) is 31.2 Å². The van der Waals surface area contributed by atoms with Gasteiger partial charge in [0.1, 0.15) is 5.75 Å². The topological polar surface area (TPSA) is 47.9 Å². The molecule has 0 spiro atoms. The Labute approximate surface area is 139 Å². The molecule has 1 fully saturated rings. The fraction of sp³-hybridized carbons (Fsp3) is 0.556. The zero-order chi connectivity index (χ0) is 17.3. The van der Waals surface area contributed by atoms with Crippen LogP contribution >= 0.6 is 0 Å². The molecule has 1 heterocycles. The molecule has 5 heteroatoms. The number of methoxy groups -OCH3 is 1. The highest BCUT2D eigenvalue weighted by Crippen LogP contribution is 2.40. The van der Waals surface area contributed by atoms with Crippen molar-refractivity contribution in [3.63, 3.8) is 0 Å². The predicted molar refractivity (Wildman–Crippen MR) is 93.5 cm³/mol. The predicted octanol–water partition coefficient (Wildman–Crippen LogP) is 3.55. The normalized spacial score (nSPS) is 22.3. The van der Waals surface area contributed by atoms with Crippen molar-refractivity contribution in [1.82, 2.24) is 0 Å². The summed E-state index contributed by atoms with van der Waals surface area (Å²) in [5, 5.41) is 10.4. The number of ether oxygens (including phenoxy) is 1. The van der Waals surface area contributed by atoms with Gasteiger partial charge in [-0.25, -0.2) is 0 Å². The Hall–Kier alpha value is -1.30. The minimum absolute atomic E-state index is 0.162. The minimum atomic E-state index is -0.646. The second kappa shape index (κ2) is 6.67. The van der Waals surface area contributed by atoms with Crippen LogP contribution in [0.5, 0.6) is 5.75 Å². The van der Waals surface area contributed by atoms with E-state index in [-0.39, 0.29) is 17.0 Å². The molecule has 0 bridgehead atoms. The second-order valence-electron chi connectivity index (χ2n) is 7.11.